The molecule has 1 saturated carbocycles. The number of rotatable bonds is 11. The van der Waals surface area contributed by atoms with Crippen LogP contribution in [0.1, 0.15) is 32.6 Å². The summed E-state index contributed by atoms with van der Waals surface area (Å²) in [7, 11) is 1.70. The summed E-state index contributed by atoms with van der Waals surface area (Å²) in [5.74, 6) is 0.585. The lowest BCUT2D eigenvalue weighted by Crippen LogP contribution is -2.54. The number of methoxy groups -OCH3 is 1. The lowest BCUT2D eigenvalue weighted by Gasteiger charge is -2.33. The second-order valence-corrected chi connectivity index (χ2v) is 4.91. The molecule has 1 rings (SSSR count). The van der Waals surface area contributed by atoms with Crippen molar-refractivity contribution in [1.29, 1.82) is 0 Å². The normalized spacial score (nSPS) is 19.2. The highest BCUT2D eigenvalue weighted by Gasteiger charge is 2.44. The molecule has 0 aromatic heterocycles. The van der Waals surface area contributed by atoms with Crippen LogP contribution in [0.5, 0.6) is 0 Å². The lowest BCUT2D eigenvalue weighted by atomic mass is 9.95. The monoisotopic (exact) mass is 245 g/mol. The van der Waals surface area contributed by atoms with Crippen LogP contribution >= 0.6 is 0 Å². The second kappa shape index (κ2) is 8.03. The molecule has 17 heavy (non-hydrogen) atoms. The number of aliphatic hydroxyl groups is 1. The SMILES string of the molecule is CCCNC(CO)(COCCCOC)C1CC1. The minimum absolute atomic E-state index is 0.169. The van der Waals surface area contributed by atoms with Crippen LogP contribution < -0.4 is 5.32 Å². The molecule has 0 radical (unpaired) electrons. The summed E-state index contributed by atoms with van der Waals surface area (Å²) in [6, 6.07) is 0. The van der Waals surface area contributed by atoms with Crippen LogP contribution in [-0.4, -0.2) is 50.7 Å². The molecule has 4 nitrogen and oxygen atoms in total. The van der Waals surface area contributed by atoms with Crippen LogP contribution in [0.3, 0.4) is 0 Å². The molecule has 0 aliphatic heterocycles. The highest BCUT2D eigenvalue weighted by molar-refractivity contribution is 5.00. The predicted molar refractivity (Wildman–Crippen MR) is 68.1 cm³/mol. The van der Waals surface area contributed by atoms with Gasteiger partial charge in [0.1, 0.15) is 0 Å². The Hall–Kier alpha value is -0.160. The zero-order valence-corrected chi connectivity index (χ0v) is 11.2. The average Bonchev–Trinajstić information content (AvgIpc) is 3.18. The Morgan fingerprint density at radius 1 is 1.35 bits per heavy atom. The van der Waals surface area contributed by atoms with Crippen molar-refractivity contribution in [2.45, 2.75) is 38.1 Å². The minimum Gasteiger partial charge on any atom is -0.394 e. The van der Waals surface area contributed by atoms with Crippen LogP contribution in [0.2, 0.25) is 0 Å². The van der Waals surface area contributed by atoms with Crippen molar-refractivity contribution in [2.75, 3.05) is 40.1 Å². The van der Waals surface area contributed by atoms with Gasteiger partial charge in [0, 0.05) is 20.3 Å². The Kier molecular flexibility index (Phi) is 7.04. The molecule has 0 aromatic rings. The summed E-state index contributed by atoms with van der Waals surface area (Å²) >= 11 is 0. The number of ether oxygens (including phenoxy) is 2. The van der Waals surface area contributed by atoms with Gasteiger partial charge in [0.25, 0.3) is 0 Å². The van der Waals surface area contributed by atoms with Gasteiger partial charge in [-0.2, -0.15) is 0 Å². The maximum Gasteiger partial charge on any atom is 0.0679 e. The zero-order chi connectivity index (χ0) is 12.6. The zero-order valence-electron chi connectivity index (χ0n) is 11.2. The van der Waals surface area contributed by atoms with Gasteiger partial charge < -0.3 is 19.9 Å². The number of nitrogens with one attached hydrogen (secondary N) is 1. The highest BCUT2D eigenvalue weighted by atomic mass is 16.5. The third-order valence-electron chi connectivity index (χ3n) is 3.36. The number of hydrogen-bond acceptors (Lipinski definition) is 4. The van der Waals surface area contributed by atoms with E-state index in [0.717, 1.165) is 26.0 Å². The summed E-state index contributed by atoms with van der Waals surface area (Å²) < 4.78 is 10.7. The standard InChI is InChI=1S/C13H27NO3/c1-3-7-14-13(10-15,12-5-6-12)11-17-9-4-8-16-2/h12,14-15H,3-11H2,1-2H3. The summed E-state index contributed by atoms with van der Waals surface area (Å²) in [6.45, 7) is 5.30. The van der Waals surface area contributed by atoms with Gasteiger partial charge in [-0.1, -0.05) is 6.92 Å². The van der Waals surface area contributed by atoms with E-state index in [1.165, 1.54) is 12.8 Å². The molecule has 1 aliphatic carbocycles. The molecule has 0 bridgehead atoms. The molecule has 1 fully saturated rings. The summed E-state index contributed by atoms with van der Waals surface area (Å²) in [5, 5.41) is 13.1. The fraction of sp³-hybridized carbons (Fsp3) is 1.00. The van der Waals surface area contributed by atoms with Gasteiger partial charge in [-0.25, -0.2) is 0 Å². The summed E-state index contributed by atoms with van der Waals surface area (Å²) in [6.07, 6.45) is 4.41. The van der Waals surface area contributed by atoms with Crippen LogP contribution in [-0.2, 0) is 9.47 Å². The van der Waals surface area contributed by atoms with E-state index in [0.29, 0.717) is 19.1 Å². The van der Waals surface area contributed by atoms with Crippen molar-refractivity contribution in [1.82, 2.24) is 5.32 Å². The van der Waals surface area contributed by atoms with Gasteiger partial charge in [-0.15, -0.1) is 0 Å². The van der Waals surface area contributed by atoms with Crippen molar-refractivity contribution in [3.05, 3.63) is 0 Å². The molecule has 0 aromatic carbocycles. The summed E-state index contributed by atoms with van der Waals surface area (Å²) in [4.78, 5) is 0. The molecule has 0 heterocycles. The molecule has 1 atom stereocenters. The fourth-order valence-corrected chi connectivity index (χ4v) is 2.11. The van der Waals surface area contributed by atoms with Gasteiger partial charge in [0.05, 0.1) is 18.8 Å². The van der Waals surface area contributed by atoms with E-state index >= 15 is 0 Å². The van der Waals surface area contributed by atoms with Crippen LogP contribution in [0.25, 0.3) is 0 Å². The van der Waals surface area contributed by atoms with E-state index in [1.807, 2.05) is 0 Å². The second-order valence-electron chi connectivity index (χ2n) is 4.91. The van der Waals surface area contributed by atoms with Crippen molar-refractivity contribution in [3.8, 4) is 0 Å². The third-order valence-corrected chi connectivity index (χ3v) is 3.36. The molecule has 0 amide bonds. The van der Waals surface area contributed by atoms with E-state index in [9.17, 15) is 5.11 Å². The minimum atomic E-state index is -0.205. The van der Waals surface area contributed by atoms with E-state index in [1.54, 1.807) is 7.11 Å². The van der Waals surface area contributed by atoms with Crippen molar-refractivity contribution >= 4 is 0 Å². The molecule has 102 valence electrons. The molecular weight excluding hydrogens is 218 g/mol. The first kappa shape index (κ1) is 14.9. The van der Waals surface area contributed by atoms with Gasteiger partial charge in [-0.05, 0) is 38.1 Å². The van der Waals surface area contributed by atoms with Crippen molar-refractivity contribution in [2.24, 2.45) is 5.92 Å². The maximum absolute atomic E-state index is 9.65. The number of hydrogen-bond donors (Lipinski definition) is 2. The Morgan fingerprint density at radius 2 is 2.12 bits per heavy atom. The van der Waals surface area contributed by atoms with Gasteiger partial charge in [-0.3, -0.25) is 0 Å². The van der Waals surface area contributed by atoms with Gasteiger partial charge >= 0.3 is 0 Å². The van der Waals surface area contributed by atoms with Crippen LogP contribution in [0, 0.1) is 5.92 Å². The molecule has 1 aliphatic rings. The third kappa shape index (κ3) is 4.92. The predicted octanol–water partition coefficient (Wildman–Crippen LogP) is 1.18. The molecule has 0 spiro atoms. The van der Waals surface area contributed by atoms with Gasteiger partial charge in [0.15, 0.2) is 0 Å². The highest BCUT2D eigenvalue weighted by Crippen LogP contribution is 2.39. The molecule has 2 N–H and O–H groups in total. The number of aliphatic hydroxyl groups excluding tert-OH is 1. The van der Waals surface area contributed by atoms with Crippen LogP contribution in [0.4, 0.5) is 0 Å². The quantitative estimate of drug-likeness (QED) is 0.537. The van der Waals surface area contributed by atoms with Crippen molar-refractivity contribution < 1.29 is 14.6 Å². The first-order valence-corrected chi connectivity index (χ1v) is 6.71. The smallest absolute Gasteiger partial charge is 0.0679 e. The first-order chi connectivity index (χ1) is 8.29. The Balaban J connectivity index is 2.29. The molecule has 1 unspecified atom stereocenters. The van der Waals surface area contributed by atoms with E-state index in [2.05, 4.69) is 12.2 Å². The largest absolute Gasteiger partial charge is 0.394 e. The van der Waals surface area contributed by atoms with Crippen molar-refractivity contribution in [3.63, 3.8) is 0 Å². The molecule has 0 saturated heterocycles. The Morgan fingerprint density at radius 3 is 2.65 bits per heavy atom. The van der Waals surface area contributed by atoms with Gasteiger partial charge in [0.2, 0.25) is 0 Å². The topological polar surface area (TPSA) is 50.7 Å². The Bertz CT molecular complexity index is 197. The van der Waals surface area contributed by atoms with E-state index in [-0.39, 0.29) is 12.1 Å². The van der Waals surface area contributed by atoms with E-state index < -0.39 is 0 Å². The lowest BCUT2D eigenvalue weighted by molar-refractivity contribution is 0.0171. The fourth-order valence-electron chi connectivity index (χ4n) is 2.11. The average molecular weight is 245 g/mol. The van der Waals surface area contributed by atoms with Crippen LogP contribution in [0.15, 0.2) is 0 Å². The van der Waals surface area contributed by atoms with E-state index in [4.69, 9.17) is 9.47 Å². The first-order valence-electron chi connectivity index (χ1n) is 6.71. The Labute approximate surface area is 105 Å². The maximum atomic E-state index is 9.65. The molecule has 4 heteroatoms. The summed E-state index contributed by atoms with van der Waals surface area (Å²) in [5.41, 5.74) is -0.205. The molecular formula is C13H27NO3.